The predicted octanol–water partition coefficient (Wildman–Crippen LogP) is 2.60. The average molecular weight is 341 g/mol. The van der Waals surface area contributed by atoms with E-state index in [1.165, 1.54) is 0 Å². The molecule has 1 amide bonds. The summed E-state index contributed by atoms with van der Waals surface area (Å²) in [5.41, 5.74) is 7.13. The van der Waals surface area contributed by atoms with Crippen LogP contribution in [0.5, 0.6) is 5.75 Å². The molecular formula is C19H23N3O3. The molecule has 0 fully saturated rings. The highest BCUT2D eigenvalue weighted by molar-refractivity contribution is 5.99. The molecule has 25 heavy (non-hydrogen) atoms. The third kappa shape index (κ3) is 4.97. The molecular weight excluding hydrogens is 318 g/mol. The first kappa shape index (κ1) is 18.3. The highest BCUT2D eigenvalue weighted by atomic mass is 16.5. The number of benzene rings is 2. The smallest absolute Gasteiger partial charge is 0.261 e. The monoisotopic (exact) mass is 341 g/mol. The molecule has 0 radical (unpaired) electrons. The molecule has 0 saturated carbocycles. The Balaban J connectivity index is 2.07. The molecule has 6 nitrogen and oxygen atoms in total. The van der Waals surface area contributed by atoms with Crippen LogP contribution in [0.25, 0.3) is 0 Å². The van der Waals surface area contributed by atoms with Crippen molar-refractivity contribution in [1.29, 1.82) is 0 Å². The minimum Gasteiger partial charge on any atom is -0.483 e. The van der Waals surface area contributed by atoms with Gasteiger partial charge < -0.3 is 20.6 Å². The third-order valence-electron chi connectivity index (χ3n) is 3.76. The number of oxime groups is 1. The van der Waals surface area contributed by atoms with E-state index in [-0.39, 0.29) is 24.4 Å². The number of ether oxygens (including phenoxy) is 1. The Morgan fingerprint density at radius 2 is 1.80 bits per heavy atom. The first-order valence-corrected chi connectivity index (χ1v) is 8.06. The highest BCUT2D eigenvalue weighted by Crippen LogP contribution is 2.18. The van der Waals surface area contributed by atoms with E-state index in [1.54, 1.807) is 29.2 Å². The molecule has 0 aliphatic rings. The number of hydrogen-bond acceptors (Lipinski definition) is 4. The van der Waals surface area contributed by atoms with E-state index in [0.29, 0.717) is 17.9 Å². The van der Waals surface area contributed by atoms with Crippen molar-refractivity contribution in [3.8, 4) is 5.75 Å². The Hall–Kier alpha value is -3.02. The standard InChI is InChI=1S/C19H23N3O3/c1-14(2)22(12-15-8-4-3-5-9-15)18(23)13-25-17-11-7-6-10-16(17)19(20)21-24/h3-11,14,24H,12-13H2,1-2H3,(H2,20,21). The molecule has 0 aliphatic carbocycles. The largest absolute Gasteiger partial charge is 0.483 e. The van der Waals surface area contributed by atoms with Gasteiger partial charge in [0, 0.05) is 12.6 Å². The van der Waals surface area contributed by atoms with Gasteiger partial charge in [0.2, 0.25) is 0 Å². The van der Waals surface area contributed by atoms with Crippen LogP contribution in [0, 0.1) is 0 Å². The molecule has 3 N–H and O–H groups in total. The molecule has 0 heterocycles. The molecule has 0 spiro atoms. The first-order valence-electron chi connectivity index (χ1n) is 8.06. The molecule has 2 aromatic rings. The SMILES string of the molecule is CC(C)N(Cc1ccccc1)C(=O)COc1ccccc1/C(N)=N/O. The fourth-order valence-electron chi connectivity index (χ4n) is 2.42. The molecule has 0 aromatic heterocycles. The van der Waals surface area contributed by atoms with Gasteiger partial charge in [0.15, 0.2) is 12.4 Å². The fraction of sp³-hybridized carbons (Fsp3) is 0.263. The van der Waals surface area contributed by atoms with Crippen molar-refractivity contribution >= 4 is 11.7 Å². The van der Waals surface area contributed by atoms with Crippen LogP contribution >= 0.6 is 0 Å². The van der Waals surface area contributed by atoms with Gasteiger partial charge in [-0.2, -0.15) is 0 Å². The lowest BCUT2D eigenvalue weighted by atomic mass is 10.2. The summed E-state index contributed by atoms with van der Waals surface area (Å²) in [6.07, 6.45) is 0. The van der Waals surface area contributed by atoms with Crippen LogP contribution < -0.4 is 10.5 Å². The zero-order valence-corrected chi connectivity index (χ0v) is 14.4. The number of para-hydroxylation sites is 1. The Labute approximate surface area is 147 Å². The fourth-order valence-corrected chi connectivity index (χ4v) is 2.42. The van der Waals surface area contributed by atoms with Crippen molar-refractivity contribution in [3.63, 3.8) is 0 Å². The van der Waals surface area contributed by atoms with Crippen molar-refractivity contribution in [2.45, 2.75) is 26.4 Å². The van der Waals surface area contributed by atoms with Gasteiger partial charge in [-0.1, -0.05) is 47.6 Å². The van der Waals surface area contributed by atoms with Crippen LogP contribution in [0.2, 0.25) is 0 Å². The van der Waals surface area contributed by atoms with Crippen molar-refractivity contribution in [2.24, 2.45) is 10.9 Å². The quantitative estimate of drug-likeness (QED) is 0.351. The van der Waals surface area contributed by atoms with Gasteiger partial charge in [0.1, 0.15) is 5.75 Å². The van der Waals surface area contributed by atoms with Gasteiger partial charge in [-0.25, -0.2) is 0 Å². The Bertz CT molecular complexity index is 730. The van der Waals surface area contributed by atoms with Crippen LogP contribution in [0.15, 0.2) is 59.8 Å². The summed E-state index contributed by atoms with van der Waals surface area (Å²) >= 11 is 0. The van der Waals surface area contributed by atoms with E-state index in [2.05, 4.69) is 5.16 Å². The molecule has 0 unspecified atom stereocenters. The molecule has 2 aromatic carbocycles. The Morgan fingerprint density at radius 3 is 2.44 bits per heavy atom. The van der Waals surface area contributed by atoms with E-state index < -0.39 is 0 Å². The predicted molar refractivity (Wildman–Crippen MR) is 96.6 cm³/mol. The minimum absolute atomic E-state index is 0.0376. The summed E-state index contributed by atoms with van der Waals surface area (Å²) in [6.45, 7) is 4.32. The van der Waals surface area contributed by atoms with E-state index in [9.17, 15) is 4.79 Å². The van der Waals surface area contributed by atoms with E-state index in [4.69, 9.17) is 15.7 Å². The van der Waals surface area contributed by atoms with Crippen molar-refractivity contribution in [2.75, 3.05) is 6.61 Å². The molecule has 0 saturated heterocycles. The highest BCUT2D eigenvalue weighted by Gasteiger charge is 2.19. The molecule has 2 rings (SSSR count). The normalized spacial score (nSPS) is 11.4. The van der Waals surface area contributed by atoms with Crippen LogP contribution in [-0.2, 0) is 11.3 Å². The molecule has 0 atom stereocenters. The second-order valence-electron chi connectivity index (χ2n) is 5.87. The first-order chi connectivity index (χ1) is 12.0. The summed E-state index contributed by atoms with van der Waals surface area (Å²) in [7, 11) is 0. The lowest BCUT2D eigenvalue weighted by Gasteiger charge is -2.27. The lowest BCUT2D eigenvalue weighted by molar-refractivity contribution is -0.135. The number of amidine groups is 1. The van der Waals surface area contributed by atoms with Crippen molar-refractivity contribution < 1.29 is 14.7 Å². The number of hydrogen-bond donors (Lipinski definition) is 2. The summed E-state index contributed by atoms with van der Waals surface area (Å²) in [5, 5.41) is 11.8. The van der Waals surface area contributed by atoms with Crippen LogP contribution in [-0.4, -0.2) is 34.5 Å². The van der Waals surface area contributed by atoms with Gasteiger partial charge in [-0.15, -0.1) is 0 Å². The number of amides is 1. The number of nitrogens with zero attached hydrogens (tertiary/aromatic N) is 2. The average Bonchev–Trinajstić information content (AvgIpc) is 2.64. The summed E-state index contributed by atoms with van der Waals surface area (Å²) in [4.78, 5) is 14.4. The van der Waals surface area contributed by atoms with Gasteiger partial charge in [-0.3, -0.25) is 4.79 Å². The topological polar surface area (TPSA) is 88.2 Å². The zero-order chi connectivity index (χ0) is 18.2. The molecule has 6 heteroatoms. The van der Waals surface area contributed by atoms with Crippen LogP contribution in [0.1, 0.15) is 25.0 Å². The van der Waals surface area contributed by atoms with E-state index in [0.717, 1.165) is 5.56 Å². The zero-order valence-electron chi connectivity index (χ0n) is 14.4. The van der Waals surface area contributed by atoms with Gasteiger partial charge in [0.25, 0.3) is 5.91 Å². The maximum absolute atomic E-state index is 12.6. The van der Waals surface area contributed by atoms with Crippen molar-refractivity contribution in [1.82, 2.24) is 4.90 Å². The van der Waals surface area contributed by atoms with Crippen LogP contribution in [0.4, 0.5) is 0 Å². The molecule has 132 valence electrons. The summed E-state index contributed by atoms with van der Waals surface area (Å²) < 4.78 is 5.63. The number of carbonyl (C=O) groups excluding carboxylic acids is 1. The maximum Gasteiger partial charge on any atom is 0.261 e. The Morgan fingerprint density at radius 1 is 1.16 bits per heavy atom. The van der Waals surface area contributed by atoms with Crippen molar-refractivity contribution in [3.05, 3.63) is 65.7 Å². The molecule has 0 aliphatic heterocycles. The second kappa shape index (κ2) is 8.73. The van der Waals surface area contributed by atoms with E-state index >= 15 is 0 Å². The number of rotatable bonds is 7. The lowest BCUT2D eigenvalue weighted by Crippen LogP contribution is -2.39. The Kier molecular flexibility index (Phi) is 6.39. The second-order valence-corrected chi connectivity index (χ2v) is 5.87. The minimum atomic E-state index is -0.131. The van der Waals surface area contributed by atoms with Gasteiger partial charge >= 0.3 is 0 Å². The van der Waals surface area contributed by atoms with Gasteiger partial charge in [0.05, 0.1) is 5.56 Å². The van der Waals surface area contributed by atoms with E-state index in [1.807, 2.05) is 44.2 Å². The number of carbonyl (C=O) groups is 1. The maximum atomic E-state index is 12.6. The third-order valence-corrected chi connectivity index (χ3v) is 3.76. The van der Waals surface area contributed by atoms with Gasteiger partial charge in [-0.05, 0) is 31.5 Å². The number of nitrogens with two attached hydrogens (primary N) is 1. The molecule has 0 bridgehead atoms. The summed E-state index contributed by atoms with van der Waals surface area (Å²) in [6, 6.07) is 16.7. The van der Waals surface area contributed by atoms with Crippen LogP contribution in [0.3, 0.4) is 0 Å². The summed E-state index contributed by atoms with van der Waals surface area (Å²) in [5.74, 6) is 0.204.